The van der Waals surface area contributed by atoms with E-state index in [-0.39, 0.29) is 29.6 Å². The molecule has 0 unspecified atom stereocenters. The van der Waals surface area contributed by atoms with Crippen LogP contribution in [0.4, 0.5) is 0 Å². The average Bonchev–Trinajstić information content (AvgIpc) is 2.57. The Morgan fingerprint density at radius 1 is 1.32 bits per heavy atom. The highest BCUT2D eigenvalue weighted by Gasteiger charge is 2.56. The van der Waals surface area contributed by atoms with Gasteiger partial charge in [0.05, 0.1) is 12.7 Å². The fourth-order valence-corrected chi connectivity index (χ4v) is 4.54. The standard InChI is InChI=1S/C20H27NO4/c1-4-23-10-17(22)21-11-20(12-21)9-15-18(24-13-20)14-7-5-6-8-16(14)25-19(15,2)3/h5-8,15,18H,4,9-13H2,1-3H3/t15-,18+/m0/s1. The minimum Gasteiger partial charge on any atom is -0.487 e. The van der Waals surface area contributed by atoms with Crippen LogP contribution >= 0.6 is 0 Å². The van der Waals surface area contributed by atoms with Crippen molar-refractivity contribution in [3.05, 3.63) is 29.8 Å². The van der Waals surface area contributed by atoms with Crippen LogP contribution in [-0.2, 0) is 14.3 Å². The first-order valence-electron chi connectivity index (χ1n) is 9.19. The monoisotopic (exact) mass is 345 g/mol. The summed E-state index contributed by atoms with van der Waals surface area (Å²) in [7, 11) is 0. The molecule has 2 saturated heterocycles. The van der Waals surface area contributed by atoms with E-state index in [2.05, 4.69) is 19.9 Å². The molecule has 0 radical (unpaired) electrons. The van der Waals surface area contributed by atoms with Crippen molar-refractivity contribution in [2.45, 2.75) is 38.9 Å². The molecule has 1 spiro atoms. The van der Waals surface area contributed by atoms with Crippen molar-refractivity contribution in [1.82, 2.24) is 4.90 Å². The fourth-order valence-electron chi connectivity index (χ4n) is 4.54. The Balaban J connectivity index is 1.48. The van der Waals surface area contributed by atoms with Crippen LogP contribution in [0.5, 0.6) is 5.75 Å². The number of para-hydroxylation sites is 1. The molecule has 4 rings (SSSR count). The van der Waals surface area contributed by atoms with Gasteiger partial charge in [0, 0.05) is 36.6 Å². The molecule has 3 aliphatic heterocycles. The number of benzene rings is 1. The van der Waals surface area contributed by atoms with Crippen molar-refractivity contribution in [2.24, 2.45) is 11.3 Å². The molecular weight excluding hydrogens is 318 g/mol. The maximum absolute atomic E-state index is 12.1. The average molecular weight is 345 g/mol. The van der Waals surface area contributed by atoms with Gasteiger partial charge in [-0.3, -0.25) is 4.79 Å². The van der Waals surface area contributed by atoms with E-state index in [9.17, 15) is 4.79 Å². The van der Waals surface area contributed by atoms with Crippen molar-refractivity contribution < 1.29 is 19.0 Å². The van der Waals surface area contributed by atoms with E-state index in [0.717, 1.165) is 30.8 Å². The number of ether oxygens (including phenoxy) is 3. The summed E-state index contributed by atoms with van der Waals surface area (Å²) in [5, 5.41) is 0. The lowest BCUT2D eigenvalue weighted by Gasteiger charge is -2.58. The first-order chi connectivity index (χ1) is 11.9. The zero-order chi connectivity index (χ0) is 17.7. The number of amides is 1. The molecule has 3 heterocycles. The Kier molecular flexibility index (Phi) is 4.04. The van der Waals surface area contributed by atoms with Gasteiger partial charge in [-0.25, -0.2) is 0 Å². The van der Waals surface area contributed by atoms with E-state index in [4.69, 9.17) is 14.2 Å². The number of carbonyl (C=O) groups excluding carboxylic acids is 1. The maximum atomic E-state index is 12.1. The van der Waals surface area contributed by atoms with Crippen molar-refractivity contribution >= 4 is 5.91 Å². The number of carbonyl (C=O) groups is 1. The smallest absolute Gasteiger partial charge is 0.248 e. The van der Waals surface area contributed by atoms with E-state index >= 15 is 0 Å². The Morgan fingerprint density at radius 2 is 2.08 bits per heavy atom. The predicted octanol–water partition coefficient (Wildman–Crippen LogP) is 2.80. The van der Waals surface area contributed by atoms with Gasteiger partial charge in [0.15, 0.2) is 0 Å². The number of hydrogen-bond acceptors (Lipinski definition) is 4. The first kappa shape index (κ1) is 16.9. The van der Waals surface area contributed by atoms with E-state index in [1.54, 1.807) is 0 Å². The van der Waals surface area contributed by atoms with Crippen LogP contribution in [0.2, 0.25) is 0 Å². The van der Waals surface area contributed by atoms with Gasteiger partial charge in [0.25, 0.3) is 0 Å². The normalized spacial score (nSPS) is 28.5. The van der Waals surface area contributed by atoms with Crippen molar-refractivity contribution in [2.75, 3.05) is 32.9 Å². The minimum atomic E-state index is -0.276. The SMILES string of the molecule is CCOCC(=O)N1CC2(CO[C@@H]3c4ccccc4OC(C)(C)[C@H]3C2)C1. The quantitative estimate of drug-likeness (QED) is 0.845. The lowest BCUT2D eigenvalue weighted by molar-refractivity contribution is -0.202. The van der Waals surface area contributed by atoms with E-state index in [0.29, 0.717) is 19.1 Å². The Hall–Kier alpha value is -1.59. The van der Waals surface area contributed by atoms with E-state index in [1.165, 1.54) is 0 Å². The second-order valence-corrected chi connectivity index (χ2v) is 8.17. The van der Waals surface area contributed by atoms with Crippen molar-refractivity contribution in [1.29, 1.82) is 0 Å². The van der Waals surface area contributed by atoms with Crippen LogP contribution < -0.4 is 4.74 Å². The summed E-state index contributed by atoms with van der Waals surface area (Å²) in [6.45, 7) is 9.20. The Morgan fingerprint density at radius 3 is 2.84 bits per heavy atom. The summed E-state index contributed by atoms with van der Waals surface area (Å²) < 4.78 is 17.9. The van der Waals surface area contributed by atoms with Crippen LogP contribution in [0.3, 0.4) is 0 Å². The van der Waals surface area contributed by atoms with Gasteiger partial charge in [0.1, 0.15) is 18.0 Å². The Bertz CT molecular complexity index is 665. The van der Waals surface area contributed by atoms with Gasteiger partial charge in [-0.05, 0) is 33.3 Å². The molecule has 25 heavy (non-hydrogen) atoms. The molecule has 5 nitrogen and oxygen atoms in total. The molecule has 1 aromatic rings. The summed E-state index contributed by atoms with van der Waals surface area (Å²) >= 11 is 0. The fraction of sp³-hybridized carbons (Fsp3) is 0.650. The Labute approximate surface area is 149 Å². The van der Waals surface area contributed by atoms with Crippen LogP contribution in [-0.4, -0.2) is 49.3 Å². The molecule has 2 atom stereocenters. The van der Waals surface area contributed by atoms with Gasteiger partial charge >= 0.3 is 0 Å². The summed E-state index contributed by atoms with van der Waals surface area (Å²) in [6.07, 6.45) is 1.11. The van der Waals surface area contributed by atoms with Gasteiger partial charge in [-0.2, -0.15) is 0 Å². The van der Waals surface area contributed by atoms with Gasteiger partial charge in [0.2, 0.25) is 5.91 Å². The first-order valence-corrected chi connectivity index (χ1v) is 9.19. The number of fused-ring (bicyclic) bond motifs is 3. The minimum absolute atomic E-state index is 0.0654. The third kappa shape index (κ3) is 2.83. The zero-order valence-corrected chi connectivity index (χ0v) is 15.3. The highest BCUT2D eigenvalue weighted by atomic mass is 16.5. The summed E-state index contributed by atoms with van der Waals surface area (Å²) in [6, 6.07) is 8.19. The maximum Gasteiger partial charge on any atom is 0.248 e. The molecule has 0 aliphatic carbocycles. The highest BCUT2D eigenvalue weighted by Crippen LogP contribution is 2.55. The molecule has 136 valence electrons. The van der Waals surface area contributed by atoms with Gasteiger partial charge in [-0.1, -0.05) is 18.2 Å². The molecule has 1 aromatic carbocycles. The largest absolute Gasteiger partial charge is 0.487 e. The molecular formula is C20H27NO4. The zero-order valence-electron chi connectivity index (χ0n) is 15.3. The third-order valence-electron chi connectivity index (χ3n) is 5.91. The van der Waals surface area contributed by atoms with Gasteiger partial charge < -0.3 is 19.1 Å². The molecule has 5 heteroatoms. The van der Waals surface area contributed by atoms with E-state index < -0.39 is 0 Å². The molecule has 3 aliphatic rings. The predicted molar refractivity (Wildman–Crippen MR) is 93.5 cm³/mol. The highest BCUT2D eigenvalue weighted by molar-refractivity contribution is 5.78. The molecule has 0 N–H and O–H groups in total. The molecule has 0 bridgehead atoms. The van der Waals surface area contributed by atoms with Crippen LogP contribution in [0.25, 0.3) is 0 Å². The molecule has 0 aromatic heterocycles. The summed E-state index contributed by atoms with van der Waals surface area (Å²) in [5.74, 6) is 1.31. The number of likely N-dealkylation sites (tertiary alicyclic amines) is 1. The molecule has 0 saturated carbocycles. The lowest BCUT2D eigenvalue weighted by atomic mass is 9.64. The summed E-state index contributed by atoms with van der Waals surface area (Å²) in [4.78, 5) is 14.0. The summed E-state index contributed by atoms with van der Waals surface area (Å²) in [5.41, 5.74) is 0.947. The van der Waals surface area contributed by atoms with Crippen molar-refractivity contribution in [3.8, 4) is 5.75 Å². The third-order valence-corrected chi connectivity index (χ3v) is 5.91. The van der Waals surface area contributed by atoms with Crippen LogP contribution in [0, 0.1) is 11.3 Å². The number of nitrogens with zero attached hydrogens (tertiary/aromatic N) is 1. The van der Waals surface area contributed by atoms with Crippen molar-refractivity contribution in [3.63, 3.8) is 0 Å². The van der Waals surface area contributed by atoms with E-state index in [1.807, 2.05) is 30.0 Å². The second kappa shape index (κ2) is 5.99. The second-order valence-electron chi connectivity index (χ2n) is 8.17. The van der Waals surface area contributed by atoms with Gasteiger partial charge in [-0.15, -0.1) is 0 Å². The molecule has 1 amide bonds. The van der Waals surface area contributed by atoms with Crippen LogP contribution in [0.15, 0.2) is 24.3 Å². The number of hydrogen-bond donors (Lipinski definition) is 0. The lowest BCUT2D eigenvalue weighted by Crippen LogP contribution is -2.65. The molecule has 2 fully saturated rings. The number of rotatable bonds is 3. The van der Waals surface area contributed by atoms with Crippen LogP contribution in [0.1, 0.15) is 38.9 Å². The topological polar surface area (TPSA) is 48.0 Å².